The molecule has 2 aliphatic rings. The number of hydrogen-bond donors (Lipinski definition) is 0. The molecule has 4 rings (SSSR count). The number of esters is 1. The summed E-state index contributed by atoms with van der Waals surface area (Å²) in [5.41, 5.74) is 1.67. The van der Waals surface area contributed by atoms with Gasteiger partial charge in [-0.1, -0.05) is 41.4 Å². The number of nitrogens with zero attached hydrogens (tertiary/aromatic N) is 2. The minimum Gasteiger partial charge on any atom is -0.475 e. The van der Waals surface area contributed by atoms with Crippen molar-refractivity contribution in [1.29, 1.82) is 0 Å². The Hall–Kier alpha value is -2.28. The molecule has 6 nitrogen and oxygen atoms in total. The van der Waals surface area contributed by atoms with Crippen molar-refractivity contribution >= 4 is 40.8 Å². The Kier molecular flexibility index (Phi) is 6.70. The van der Waals surface area contributed by atoms with E-state index in [1.54, 1.807) is 17.0 Å². The molecule has 2 unspecified atom stereocenters. The highest BCUT2D eigenvalue weighted by Gasteiger charge is 2.38. The Morgan fingerprint density at radius 3 is 2.74 bits per heavy atom. The number of carbonyl (C=O) groups excluding carboxylic acids is 2. The van der Waals surface area contributed by atoms with Gasteiger partial charge in [0.05, 0.1) is 25.3 Å². The van der Waals surface area contributed by atoms with Crippen LogP contribution in [0.25, 0.3) is 0 Å². The van der Waals surface area contributed by atoms with Gasteiger partial charge >= 0.3 is 5.97 Å². The molecule has 1 saturated heterocycles. The second-order valence-electron chi connectivity index (χ2n) is 7.86. The third kappa shape index (κ3) is 4.81. The minimum absolute atomic E-state index is 0.00319. The number of fused-ring (bicyclic) bond motifs is 1. The average Bonchev–Trinajstić information content (AvgIpc) is 2.79. The van der Waals surface area contributed by atoms with E-state index in [1.807, 2.05) is 30.3 Å². The second kappa shape index (κ2) is 9.47. The lowest BCUT2D eigenvalue weighted by atomic mass is 9.95. The van der Waals surface area contributed by atoms with E-state index in [2.05, 4.69) is 4.90 Å². The summed E-state index contributed by atoms with van der Waals surface area (Å²) in [7, 11) is 1.32. The Balaban J connectivity index is 1.50. The normalized spacial score (nSPS) is 21.2. The first-order valence-corrected chi connectivity index (χ1v) is 11.0. The van der Waals surface area contributed by atoms with Crippen molar-refractivity contribution in [2.75, 3.05) is 31.6 Å². The van der Waals surface area contributed by atoms with Gasteiger partial charge in [-0.15, -0.1) is 0 Å². The van der Waals surface area contributed by atoms with Crippen LogP contribution in [-0.2, 0) is 20.9 Å². The fraction of sp³-hybridized carbons (Fsp3) is 0.391. The lowest BCUT2D eigenvalue weighted by molar-refractivity contribution is -0.148. The summed E-state index contributed by atoms with van der Waals surface area (Å²) in [4.78, 5) is 29.6. The number of methoxy groups -OCH3 is 1. The van der Waals surface area contributed by atoms with Crippen LogP contribution in [0.1, 0.15) is 18.4 Å². The van der Waals surface area contributed by atoms with Crippen molar-refractivity contribution in [2.45, 2.75) is 25.5 Å². The van der Waals surface area contributed by atoms with Gasteiger partial charge in [-0.2, -0.15) is 0 Å². The van der Waals surface area contributed by atoms with Crippen LogP contribution in [0.2, 0.25) is 10.0 Å². The van der Waals surface area contributed by atoms with Crippen LogP contribution < -0.4 is 9.64 Å². The van der Waals surface area contributed by atoms with Gasteiger partial charge in [0.1, 0.15) is 5.75 Å². The smallest absolute Gasteiger partial charge is 0.348 e. The molecular weight excluding hydrogens is 439 g/mol. The van der Waals surface area contributed by atoms with Crippen molar-refractivity contribution in [3.63, 3.8) is 0 Å². The third-order valence-electron chi connectivity index (χ3n) is 5.77. The Morgan fingerprint density at radius 1 is 1.16 bits per heavy atom. The van der Waals surface area contributed by atoms with E-state index in [0.717, 1.165) is 24.9 Å². The average molecular weight is 463 g/mol. The van der Waals surface area contributed by atoms with Crippen LogP contribution in [0.4, 0.5) is 5.69 Å². The maximum absolute atomic E-state index is 13.5. The van der Waals surface area contributed by atoms with Crippen molar-refractivity contribution < 1.29 is 19.1 Å². The molecule has 8 heteroatoms. The number of hydrogen-bond acceptors (Lipinski definition) is 5. The fourth-order valence-corrected chi connectivity index (χ4v) is 4.68. The Labute approximate surface area is 191 Å². The van der Waals surface area contributed by atoms with Crippen molar-refractivity contribution in [1.82, 2.24) is 4.90 Å². The number of benzene rings is 2. The van der Waals surface area contributed by atoms with Gasteiger partial charge in [-0.05, 0) is 49.2 Å². The zero-order chi connectivity index (χ0) is 22.0. The van der Waals surface area contributed by atoms with Crippen molar-refractivity contribution in [3.05, 3.63) is 58.1 Å². The number of halogens is 2. The van der Waals surface area contributed by atoms with Gasteiger partial charge in [-0.3, -0.25) is 9.69 Å². The number of rotatable bonds is 4. The Bertz CT molecular complexity index is 984. The van der Waals surface area contributed by atoms with E-state index in [4.69, 9.17) is 32.7 Å². The Morgan fingerprint density at radius 2 is 1.97 bits per heavy atom. The molecule has 2 atom stereocenters. The lowest BCUT2D eigenvalue weighted by Gasteiger charge is -2.38. The molecule has 1 amide bonds. The van der Waals surface area contributed by atoms with Crippen molar-refractivity contribution in [2.24, 2.45) is 5.92 Å². The third-order valence-corrected chi connectivity index (χ3v) is 6.35. The van der Waals surface area contributed by atoms with Gasteiger partial charge in [0.25, 0.3) is 0 Å². The summed E-state index contributed by atoms with van der Waals surface area (Å²) in [6, 6.07) is 12.8. The van der Waals surface area contributed by atoms with Crippen LogP contribution in [-0.4, -0.2) is 49.6 Å². The van der Waals surface area contributed by atoms with Gasteiger partial charge < -0.3 is 14.4 Å². The van der Waals surface area contributed by atoms with Gasteiger partial charge in [0.15, 0.2) is 0 Å². The van der Waals surface area contributed by atoms with Crippen LogP contribution >= 0.6 is 23.2 Å². The number of piperidine rings is 1. The molecule has 2 aromatic carbocycles. The van der Waals surface area contributed by atoms with E-state index in [9.17, 15) is 9.59 Å². The molecule has 0 N–H and O–H groups in total. The number of likely N-dealkylation sites (tertiary alicyclic amines) is 1. The van der Waals surface area contributed by atoms with Crippen molar-refractivity contribution in [3.8, 4) is 5.75 Å². The number of amides is 1. The highest BCUT2D eigenvalue weighted by atomic mass is 35.5. The zero-order valence-corrected chi connectivity index (χ0v) is 18.7. The van der Waals surface area contributed by atoms with E-state index in [0.29, 0.717) is 34.6 Å². The molecule has 0 spiro atoms. The number of carbonyl (C=O) groups is 2. The monoisotopic (exact) mass is 462 g/mol. The number of anilines is 1. The van der Waals surface area contributed by atoms with Crippen LogP contribution in [0.15, 0.2) is 42.5 Å². The first-order valence-electron chi connectivity index (χ1n) is 10.3. The number of ether oxygens (including phenoxy) is 2. The molecule has 164 valence electrons. The topological polar surface area (TPSA) is 59.1 Å². The molecule has 31 heavy (non-hydrogen) atoms. The van der Waals surface area contributed by atoms with E-state index in [1.165, 1.54) is 7.11 Å². The predicted octanol–water partition coefficient (Wildman–Crippen LogP) is 4.17. The molecule has 0 aliphatic carbocycles. The summed E-state index contributed by atoms with van der Waals surface area (Å²) in [6.45, 7) is 2.32. The van der Waals surface area contributed by atoms with E-state index < -0.39 is 12.1 Å². The molecule has 0 saturated carbocycles. The molecule has 0 aromatic heterocycles. The molecule has 1 fully saturated rings. The quantitative estimate of drug-likeness (QED) is 0.638. The maximum Gasteiger partial charge on any atom is 0.348 e. The lowest BCUT2D eigenvalue weighted by Crippen LogP contribution is -2.51. The van der Waals surface area contributed by atoms with Crippen LogP contribution in [0.3, 0.4) is 0 Å². The first kappa shape index (κ1) is 21.9. The molecule has 2 aromatic rings. The van der Waals surface area contributed by atoms with Crippen LogP contribution in [0.5, 0.6) is 5.75 Å². The molecule has 2 heterocycles. The molecular formula is C23H24Cl2N2O4. The van der Waals surface area contributed by atoms with E-state index >= 15 is 0 Å². The zero-order valence-electron chi connectivity index (χ0n) is 17.2. The summed E-state index contributed by atoms with van der Waals surface area (Å²) < 4.78 is 10.6. The SMILES string of the molecule is COC(=O)C1CN(C(=O)C2CCCN(Cc3ccc(Cl)cc3Cl)C2)c2ccccc2O1. The molecule has 0 radical (unpaired) electrons. The standard InChI is InChI=1S/C23H24Cl2N2O4/c1-30-23(29)21-14-27(19-6-2-3-7-20(19)31-21)22(28)16-5-4-10-26(13-16)12-15-8-9-17(24)11-18(15)25/h2-3,6-9,11,16,21H,4-5,10,12-14H2,1H3. The predicted molar refractivity (Wildman–Crippen MR) is 120 cm³/mol. The molecule has 0 bridgehead atoms. The minimum atomic E-state index is -0.837. The highest BCUT2D eigenvalue weighted by Crippen LogP contribution is 2.35. The second-order valence-corrected chi connectivity index (χ2v) is 8.70. The largest absolute Gasteiger partial charge is 0.475 e. The van der Waals surface area contributed by atoms with Crippen LogP contribution in [0, 0.1) is 5.92 Å². The highest BCUT2D eigenvalue weighted by molar-refractivity contribution is 6.35. The first-order chi connectivity index (χ1) is 15.0. The van der Waals surface area contributed by atoms with E-state index in [-0.39, 0.29) is 18.4 Å². The summed E-state index contributed by atoms with van der Waals surface area (Å²) in [5.74, 6) is -0.158. The van der Waals surface area contributed by atoms with Gasteiger partial charge in [0, 0.05) is 23.1 Å². The maximum atomic E-state index is 13.5. The van der Waals surface area contributed by atoms with Gasteiger partial charge in [-0.25, -0.2) is 4.79 Å². The summed E-state index contributed by atoms with van der Waals surface area (Å²) >= 11 is 12.3. The van der Waals surface area contributed by atoms with Gasteiger partial charge in [0.2, 0.25) is 12.0 Å². The fourth-order valence-electron chi connectivity index (χ4n) is 4.21. The summed E-state index contributed by atoms with van der Waals surface area (Å²) in [5, 5.41) is 1.23. The molecule has 2 aliphatic heterocycles. The number of para-hydroxylation sites is 2. The summed E-state index contributed by atoms with van der Waals surface area (Å²) in [6.07, 6.45) is 0.872.